The Labute approximate surface area is 139 Å². The van der Waals surface area contributed by atoms with Crippen molar-refractivity contribution in [1.29, 1.82) is 0 Å². The Bertz CT molecular complexity index is 473. The summed E-state index contributed by atoms with van der Waals surface area (Å²) in [6.07, 6.45) is 2.64. The van der Waals surface area contributed by atoms with Gasteiger partial charge in [0.05, 0.1) is 7.11 Å². The number of carbonyl (C=O) groups excluding carboxylic acids is 1. The van der Waals surface area contributed by atoms with Gasteiger partial charge in [0.15, 0.2) is 0 Å². The lowest BCUT2D eigenvalue weighted by atomic mass is 9.95. The van der Waals surface area contributed by atoms with Crippen LogP contribution in [0.4, 0.5) is 0 Å². The minimum atomic E-state index is 0. The normalized spacial score (nSPS) is 16.8. The maximum Gasteiger partial charge on any atom is 0.223 e. The number of amides is 1. The van der Waals surface area contributed by atoms with Crippen molar-refractivity contribution in [2.24, 2.45) is 0 Å². The number of hydrogen-bond acceptors (Lipinski definition) is 3. The van der Waals surface area contributed by atoms with Crippen LogP contribution in [0.2, 0.25) is 0 Å². The van der Waals surface area contributed by atoms with Gasteiger partial charge in [0.1, 0.15) is 5.75 Å². The number of halogens is 1. The first-order chi connectivity index (χ1) is 10.2. The molecule has 22 heavy (non-hydrogen) atoms. The van der Waals surface area contributed by atoms with Gasteiger partial charge in [-0.1, -0.05) is 25.1 Å². The molecule has 124 valence electrons. The maximum absolute atomic E-state index is 12.4. The number of hydrogen-bond donors (Lipinski definition) is 1. The topological polar surface area (TPSA) is 41.6 Å². The number of likely N-dealkylation sites (tertiary alicyclic amines) is 1. The van der Waals surface area contributed by atoms with Gasteiger partial charge in [-0.15, -0.1) is 12.4 Å². The van der Waals surface area contributed by atoms with Crippen LogP contribution in [-0.2, 0) is 4.79 Å². The molecule has 1 amide bonds. The Morgan fingerprint density at radius 2 is 2.00 bits per heavy atom. The summed E-state index contributed by atoms with van der Waals surface area (Å²) < 4.78 is 5.39. The van der Waals surface area contributed by atoms with E-state index in [2.05, 4.69) is 12.2 Å². The van der Waals surface area contributed by atoms with Crippen LogP contribution < -0.4 is 10.1 Å². The second-order valence-corrected chi connectivity index (χ2v) is 5.79. The fourth-order valence-electron chi connectivity index (χ4n) is 2.99. The van der Waals surface area contributed by atoms with Crippen LogP contribution in [0.3, 0.4) is 0 Å². The molecule has 0 bridgehead atoms. The highest BCUT2D eigenvalue weighted by molar-refractivity contribution is 5.85. The van der Waals surface area contributed by atoms with Crippen molar-refractivity contribution in [3.05, 3.63) is 29.8 Å². The molecule has 1 heterocycles. The van der Waals surface area contributed by atoms with E-state index in [-0.39, 0.29) is 24.2 Å². The molecular formula is C17H27ClN2O2. The third-order valence-corrected chi connectivity index (χ3v) is 4.41. The number of rotatable bonds is 5. The van der Waals surface area contributed by atoms with Gasteiger partial charge in [0, 0.05) is 25.6 Å². The van der Waals surface area contributed by atoms with E-state index >= 15 is 0 Å². The highest BCUT2D eigenvalue weighted by atomic mass is 35.5. The highest BCUT2D eigenvalue weighted by Gasteiger charge is 2.24. The molecule has 1 aromatic rings. The molecule has 1 aliphatic rings. The molecule has 1 atom stereocenters. The number of carbonyl (C=O) groups is 1. The number of ether oxygens (including phenoxy) is 1. The van der Waals surface area contributed by atoms with Crippen LogP contribution in [0.1, 0.15) is 37.7 Å². The molecule has 0 saturated carbocycles. The van der Waals surface area contributed by atoms with Crippen molar-refractivity contribution in [3.63, 3.8) is 0 Å². The monoisotopic (exact) mass is 326 g/mol. The predicted octanol–water partition coefficient (Wildman–Crippen LogP) is 2.82. The average molecular weight is 327 g/mol. The zero-order valence-corrected chi connectivity index (χ0v) is 14.5. The lowest BCUT2D eigenvalue weighted by molar-refractivity contribution is -0.132. The Morgan fingerprint density at radius 3 is 2.59 bits per heavy atom. The summed E-state index contributed by atoms with van der Waals surface area (Å²) in [5, 5.41) is 3.29. The van der Waals surface area contributed by atoms with Gasteiger partial charge in [-0.25, -0.2) is 0 Å². The molecule has 1 saturated heterocycles. The summed E-state index contributed by atoms with van der Waals surface area (Å²) in [7, 11) is 3.67. The molecule has 0 aromatic heterocycles. The predicted molar refractivity (Wildman–Crippen MR) is 91.9 cm³/mol. The molecule has 4 nitrogen and oxygen atoms in total. The van der Waals surface area contributed by atoms with Crippen molar-refractivity contribution in [3.8, 4) is 5.75 Å². The highest BCUT2D eigenvalue weighted by Crippen LogP contribution is 2.29. The molecule has 2 rings (SSSR count). The number of nitrogens with zero attached hydrogens (tertiary/aromatic N) is 1. The third kappa shape index (κ3) is 4.62. The zero-order valence-electron chi connectivity index (χ0n) is 13.7. The fraction of sp³-hybridized carbons (Fsp3) is 0.588. The maximum atomic E-state index is 12.4. The van der Waals surface area contributed by atoms with E-state index < -0.39 is 0 Å². The van der Waals surface area contributed by atoms with E-state index in [1.54, 1.807) is 7.11 Å². The van der Waals surface area contributed by atoms with Gasteiger partial charge in [-0.2, -0.15) is 0 Å². The van der Waals surface area contributed by atoms with Crippen LogP contribution in [0, 0.1) is 0 Å². The first-order valence-corrected chi connectivity index (χ1v) is 7.73. The van der Waals surface area contributed by atoms with Crippen molar-refractivity contribution in [1.82, 2.24) is 10.2 Å². The van der Waals surface area contributed by atoms with Crippen molar-refractivity contribution < 1.29 is 9.53 Å². The first-order valence-electron chi connectivity index (χ1n) is 7.73. The molecular weight excluding hydrogens is 300 g/mol. The number of benzene rings is 1. The van der Waals surface area contributed by atoms with Crippen LogP contribution in [0.25, 0.3) is 0 Å². The van der Waals surface area contributed by atoms with E-state index in [1.807, 2.05) is 36.2 Å². The Kier molecular flexibility index (Phi) is 7.69. The summed E-state index contributed by atoms with van der Waals surface area (Å²) in [4.78, 5) is 14.4. The summed E-state index contributed by atoms with van der Waals surface area (Å²) in [5.74, 6) is 1.30. The Morgan fingerprint density at radius 1 is 1.36 bits per heavy atom. The molecule has 1 aromatic carbocycles. The van der Waals surface area contributed by atoms with Crippen LogP contribution >= 0.6 is 12.4 Å². The summed E-state index contributed by atoms with van der Waals surface area (Å²) in [6.45, 7) is 3.82. The summed E-state index contributed by atoms with van der Waals surface area (Å²) >= 11 is 0. The minimum absolute atomic E-state index is 0. The SMILES string of the molecule is CNC1CCN(C(=O)CC(C)c2ccccc2OC)CC1.Cl. The van der Waals surface area contributed by atoms with Crippen molar-refractivity contribution >= 4 is 18.3 Å². The van der Waals surface area contributed by atoms with E-state index in [0.717, 1.165) is 37.2 Å². The Balaban J connectivity index is 0.00000242. The third-order valence-electron chi connectivity index (χ3n) is 4.41. The molecule has 1 N–H and O–H groups in total. The quantitative estimate of drug-likeness (QED) is 0.904. The zero-order chi connectivity index (χ0) is 15.2. The van der Waals surface area contributed by atoms with E-state index in [0.29, 0.717) is 12.5 Å². The van der Waals surface area contributed by atoms with Crippen LogP contribution in [-0.4, -0.2) is 44.1 Å². The van der Waals surface area contributed by atoms with Gasteiger partial charge < -0.3 is 15.0 Å². The standard InChI is InChI=1S/C17H26N2O2.ClH/c1-13(15-6-4-5-7-16(15)21-3)12-17(20)19-10-8-14(18-2)9-11-19;/h4-7,13-14,18H,8-12H2,1-3H3;1H. The lowest BCUT2D eigenvalue weighted by Gasteiger charge is -2.32. The second kappa shape index (κ2) is 9.01. The first kappa shape index (κ1) is 18.8. The van der Waals surface area contributed by atoms with Gasteiger partial charge >= 0.3 is 0 Å². The number of para-hydroxylation sites is 1. The molecule has 1 unspecified atom stereocenters. The van der Waals surface area contributed by atoms with Crippen LogP contribution in [0.5, 0.6) is 5.75 Å². The number of nitrogens with one attached hydrogen (secondary N) is 1. The van der Waals surface area contributed by atoms with Gasteiger partial charge in [-0.3, -0.25) is 4.79 Å². The lowest BCUT2D eigenvalue weighted by Crippen LogP contribution is -2.44. The average Bonchev–Trinajstić information content (AvgIpc) is 2.54. The molecule has 0 aliphatic carbocycles. The molecule has 0 spiro atoms. The molecule has 1 aliphatic heterocycles. The van der Waals surface area contributed by atoms with Crippen molar-refractivity contribution in [2.75, 3.05) is 27.2 Å². The number of methoxy groups -OCH3 is 1. The Hall–Kier alpha value is -1.26. The largest absolute Gasteiger partial charge is 0.496 e. The van der Waals surface area contributed by atoms with E-state index in [9.17, 15) is 4.79 Å². The smallest absolute Gasteiger partial charge is 0.223 e. The molecule has 1 fully saturated rings. The second-order valence-electron chi connectivity index (χ2n) is 5.79. The fourth-order valence-corrected chi connectivity index (χ4v) is 2.99. The summed E-state index contributed by atoms with van der Waals surface area (Å²) in [5.41, 5.74) is 1.11. The minimum Gasteiger partial charge on any atom is -0.496 e. The van der Waals surface area contributed by atoms with Crippen molar-refractivity contribution in [2.45, 2.75) is 38.1 Å². The number of piperidine rings is 1. The molecule has 5 heteroatoms. The van der Waals surface area contributed by atoms with Gasteiger partial charge in [0.25, 0.3) is 0 Å². The molecule has 0 radical (unpaired) electrons. The van der Waals surface area contributed by atoms with Gasteiger partial charge in [-0.05, 0) is 37.4 Å². The van der Waals surface area contributed by atoms with E-state index in [4.69, 9.17) is 4.74 Å². The van der Waals surface area contributed by atoms with Crippen LogP contribution in [0.15, 0.2) is 24.3 Å². The van der Waals surface area contributed by atoms with E-state index in [1.165, 1.54) is 0 Å². The summed E-state index contributed by atoms with van der Waals surface area (Å²) in [6, 6.07) is 8.51. The van der Waals surface area contributed by atoms with Gasteiger partial charge in [0.2, 0.25) is 5.91 Å².